The minimum absolute atomic E-state index is 0.0745. The van der Waals surface area contributed by atoms with Gasteiger partial charge in [0.2, 0.25) is 11.6 Å². The van der Waals surface area contributed by atoms with Gasteiger partial charge in [0, 0.05) is 0 Å². The molecule has 8 nitrogen and oxygen atoms in total. The van der Waals surface area contributed by atoms with Gasteiger partial charge in [0.1, 0.15) is 0 Å². The van der Waals surface area contributed by atoms with Crippen molar-refractivity contribution in [2.45, 2.75) is 0 Å². The molecule has 8 heteroatoms. The van der Waals surface area contributed by atoms with Crippen molar-refractivity contribution in [2.24, 2.45) is 30.7 Å². The Morgan fingerprint density at radius 1 is 0.786 bits per heavy atom. The van der Waals surface area contributed by atoms with E-state index in [0.717, 1.165) is 12.2 Å². The Balaban J connectivity index is 2.09. The minimum Gasteiger partial charge on any atom is -0.266 e. The smallest absolute Gasteiger partial charge is 0.266 e. The maximum atomic E-state index is 10.6. The van der Waals surface area contributed by atoms with Crippen LogP contribution in [-0.4, -0.2) is 11.8 Å². The zero-order valence-corrected chi connectivity index (χ0v) is 6.65. The van der Waals surface area contributed by atoms with Crippen molar-refractivity contribution in [3.8, 4) is 0 Å². The standard InChI is InChI=1S/C6H2N6O2/c13-5-1-3(9-11-5)7-8-4-2-6(14)12-10-4/h1-2H. The molecule has 0 aromatic heterocycles. The maximum absolute atomic E-state index is 10.6. The van der Waals surface area contributed by atoms with Crippen molar-refractivity contribution < 1.29 is 9.59 Å². The van der Waals surface area contributed by atoms with Crippen LogP contribution in [0.3, 0.4) is 0 Å². The van der Waals surface area contributed by atoms with Gasteiger partial charge in [-0.25, -0.2) is 0 Å². The lowest BCUT2D eigenvalue weighted by Crippen LogP contribution is -1.77. The van der Waals surface area contributed by atoms with Crippen LogP contribution in [0.4, 0.5) is 0 Å². The predicted octanol–water partition coefficient (Wildman–Crippen LogP) is 1.11. The molecule has 0 unspecified atom stereocenters. The molecule has 0 N–H and O–H groups in total. The van der Waals surface area contributed by atoms with E-state index < -0.39 is 11.8 Å². The third-order valence-corrected chi connectivity index (χ3v) is 1.26. The third kappa shape index (κ3) is 1.68. The molecule has 68 valence electrons. The summed E-state index contributed by atoms with van der Waals surface area (Å²) >= 11 is 0. The molecule has 14 heavy (non-hydrogen) atoms. The van der Waals surface area contributed by atoms with Crippen LogP contribution >= 0.6 is 0 Å². The second-order valence-corrected chi connectivity index (χ2v) is 2.28. The number of rotatable bonds is 2. The van der Waals surface area contributed by atoms with Crippen molar-refractivity contribution in [1.82, 2.24) is 0 Å². The largest absolute Gasteiger partial charge is 0.292 e. The van der Waals surface area contributed by atoms with E-state index in [-0.39, 0.29) is 11.6 Å². The average Bonchev–Trinajstić information content (AvgIpc) is 2.72. The zero-order chi connectivity index (χ0) is 9.97. The lowest BCUT2D eigenvalue weighted by molar-refractivity contribution is -0.114. The van der Waals surface area contributed by atoms with Crippen LogP contribution in [0.15, 0.2) is 54.5 Å². The van der Waals surface area contributed by atoms with Crippen molar-refractivity contribution in [1.29, 1.82) is 0 Å². The summed E-state index contributed by atoms with van der Waals surface area (Å²) in [4.78, 5) is 21.1. The highest BCUT2D eigenvalue weighted by Crippen LogP contribution is 2.13. The van der Waals surface area contributed by atoms with E-state index >= 15 is 0 Å². The molecule has 0 spiro atoms. The van der Waals surface area contributed by atoms with E-state index in [0.29, 0.717) is 0 Å². The van der Waals surface area contributed by atoms with Gasteiger partial charge in [0.15, 0.2) is 0 Å². The van der Waals surface area contributed by atoms with Crippen molar-refractivity contribution in [3.05, 3.63) is 23.8 Å². The Kier molecular flexibility index (Phi) is 1.86. The molecule has 0 aliphatic carbocycles. The summed E-state index contributed by atoms with van der Waals surface area (Å²) in [5, 5.41) is 20.2. The van der Waals surface area contributed by atoms with Crippen LogP contribution < -0.4 is 0 Å². The molecule has 0 bridgehead atoms. The van der Waals surface area contributed by atoms with Crippen LogP contribution in [0.1, 0.15) is 0 Å². The van der Waals surface area contributed by atoms with Gasteiger partial charge >= 0.3 is 0 Å². The molecule has 0 radical (unpaired) electrons. The molecule has 0 aromatic rings. The summed E-state index contributed by atoms with van der Waals surface area (Å²) in [6.07, 6.45) is 2.22. The van der Waals surface area contributed by atoms with Crippen molar-refractivity contribution >= 4 is 11.8 Å². The number of nitrogens with zero attached hydrogens (tertiary/aromatic N) is 6. The highest BCUT2D eigenvalue weighted by Gasteiger charge is 2.09. The molecule has 0 fully saturated rings. The Morgan fingerprint density at radius 3 is 1.50 bits per heavy atom. The summed E-state index contributed by atoms with van der Waals surface area (Å²) in [7, 11) is 0. The molecule has 0 atom stereocenters. The fourth-order valence-corrected chi connectivity index (χ4v) is 0.738. The minimum atomic E-state index is -0.489. The number of carbonyl (C=O) groups excluding carboxylic acids is 2. The molecule has 2 heterocycles. The van der Waals surface area contributed by atoms with Crippen molar-refractivity contribution in [3.63, 3.8) is 0 Å². The lowest BCUT2D eigenvalue weighted by Gasteiger charge is -1.81. The molecule has 2 aliphatic rings. The second kappa shape index (κ2) is 3.17. The summed E-state index contributed by atoms with van der Waals surface area (Å²) in [5.74, 6) is -0.829. The average molecular weight is 190 g/mol. The van der Waals surface area contributed by atoms with Gasteiger partial charge in [-0.15, -0.1) is 30.7 Å². The first-order chi connectivity index (χ1) is 6.74. The van der Waals surface area contributed by atoms with E-state index in [2.05, 4.69) is 30.7 Å². The van der Waals surface area contributed by atoms with E-state index in [1.54, 1.807) is 0 Å². The van der Waals surface area contributed by atoms with Crippen molar-refractivity contribution in [2.75, 3.05) is 0 Å². The number of hydrogen-bond acceptors (Lipinski definition) is 6. The molecule has 0 saturated heterocycles. The molecule has 0 aromatic carbocycles. The molecule has 0 saturated carbocycles. The Hall–Kier alpha value is -2.38. The lowest BCUT2D eigenvalue weighted by atomic mass is 10.5. The van der Waals surface area contributed by atoms with E-state index in [9.17, 15) is 9.59 Å². The SMILES string of the molecule is O=C1C=C(N=NC2=CC(=O)N=N2)N=N1. The van der Waals surface area contributed by atoms with Crippen LogP contribution in [0, 0.1) is 0 Å². The predicted molar refractivity (Wildman–Crippen MR) is 40.7 cm³/mol. The highest BCUT2D eigenvalue weighted by atomic mass is 16.2. The first kappa shape index (κ1) is 8.23. The molecule has 2 aliphatic heterocycles. The van der Waals surface area contributed by atoms with Gasteiger partial charge in [-0.2, -0.15) is 0 Å². The number of carbonyl (C=O) groups is 2. The Morgan fingerprint density at radius 2 is 1.21 bits per heavy atom. The highest BCUT2D eigenvalue weighted by molar-refractivity contribution is 5.90. The first-order valence-electron chi connectivity index (χ1n) is 3.50. The van der Waals surface area contributed by atoms with Gasteiger partial charge < -0.3 is 0 Å². The van der Waals surface area contributed by atoms with E-state index in [1.165, 1.54) is 0 Å². The van der Waals surface area contributed by atoms with Crippen LogP contribution in [0.2, 0.25) is 0 Å². The van der Waals surface area contributed by atoms with Gasteiger partial charge in [-0.1, -0.05) is 0 Å². The van der Waals surface area contributed by atoms with Crippen LogP contribution in [-0.2, 0) is 9.59 Å². The fraction of sp³-hybridized carbons (Fsp3) is 0. The quantitative estimate of drug-likeness (QED) is 0.607. The Bertz CT molecular complexity index is 413. The molecule has 2 rings (SSSR count). The normalized spacial score (nSPS) is 19.7. The summed E-state index contributed by atoms with van der Waals surface area (Å²) in [5.41, 5.74) is 0. The molecule has 2 amide bonds. The number of amides is 2. The summed E-state index contributed by atoms with van der Waals surface area (Å²) < 4.78 is 0. The Labute approximate surface area is 76.8 Å². The van der Waals surface area contributed by atoms with Crippen LogP contribution in [0.25, 0.3) is 0 Å². The fourth-order valence-electron chi connectivity index (χ4n) is 0.738. The maximum Gasteiger partial charge on any atom is 0.292 e. The summed E-state index contributed by atoms with van der Waals surface area (Å²) in [6.45, 7) is 0. The topological polar surface area (TPSA) is 108 Å². The number of azo groups is 3. The monoisotopic (exact) mass is 190 g/mol. The molecular formula is C6H2N6O2. The third-order valence-electron chi connectivity index (χ3n) is 1.26. The first-order valence-corrected chi connectivity index (χ1v) is 3.50. The van der Waals surface area contributed by atoms with Gasteiger partial charge in [-0.3, -0.25) is 9.59 Å². The van der Waals surface area contributed by atoms with Gasteiger partial charge in [0.25, 0.3) is 11.8 Å². The zero-order valence-electron chi connectivity index (χ0n) is 6.65. The molecular weight excluding hydrogens is 188 g/mol. The van der Waals surface area contributed by atoms with Crippen LogP contribution in [0.5, 0.6) is 0 Å². The van der Waals surface area contributed by atoms with E-state index in [4.69, 9.17) is 0 Å². The number of hydrogen-bond donors (Lipinski definition) is 0. The summed E-state index contributed by atoms with van der Waals surface area (Å²) in [6, 6.07) is 0. The second-order valence-electron chi connectivity index (χ2n) is 2.28. The van der Waals surface area contributed by atoms with E-state index in [1.807, 2.05) is 0 Å². The van der Waals surface area contributed by atoms with Gasteiger partial charge in [0.05, 0.1) is 12.2 Å². The van der Waals surface area contributed by atoms with Gasteiger partial charge in [-0.05, 0) is 0 Å².